The Balaban J connectivity index is 1.66. The number of nitrogens with zero attached hydrogens (tertiary/aromatic N) is 3. The standard InChI is InChI=1S/C30H33ClFN7O2/c1-4-39(16-17-40)21-14-12-20(13-15-21)35-30-33-18-22(29(41)37-27-23(31)8-7-9-24(27)32)28(38-30)36-26-11-6-5-10-25(26)34-19(2)3/h5-15,18-19,34,40H,4,16-17H2,1-3H3,(H,37,41)(H2,33,35,36,38). The number of nitrogens with one attached hydrogen (secondary N) is 4. The first-order chi connectivity index (χ1) is 19.8. The van der Waals surface area contributed by atoms with Gasteiger partial charge in [0.2, 0.25) is 5.95 Å². The highest BCUT2D eigenvalue weighted by Crippen LogP contribution is 2.30. The molecule has 9 nitrogen and oxygen atoms in total. The molecule has 0 saturated heterocycles. The summed E-state index contributed by atoms with van der Waals surface area (Å²) in [5.41, 5.74) is 3.18. The van der Waals surface area contributed by atoms with E-state index < -0.39 is 11.7 Å². The molecule has 1 heterocycles. The molecule has 11 heteroatoms. The number of hydrogen-bond acceptors (Lipinski definition) is 8. The lowest BCUT2D eigenvalue weighted by atomic mass is 10.2. The van der Waals surface area contributed by atoms with Gasteiger partial charge in [0.15, 0.2) is 0 Å². The molecule has 5 N–H and O–H groups in total. The van der Waals surface area contributed by atoms with Gasteiger partial charge in [0.1, 0.15) is 17.2 Å². The van der Waals surface area contributed by atoms with E-state index in [0.717, 1.165) is 23.6 Å². The molecule has 214 valence electrons. The van der Waals surface area contributed by atoms with Gasteiger partial charge in [0.05, 0.1) is 28.7 Å². The normalized spacial score (nSPS) is 10.8. The molecule has 0 atom stereocenters. The molecular formula is C30H33ClFN7O2. The Morgan fingerprint density at radius 2 is 1.76 bits per heavy atom. The van der Waals surface area contributed by atoms with Crippen LogP contribution in [0.5, 0.6) is 0 Å². The second-order valence-electron chi connectivity index (χ2n) is 9.45. The zero-order chi connectivity index (χ0) is 29.4. The molecule has 0 aliphatic heterocycles. The number of aliphatic hydroxyl groups is 1. The van der Waals surface area contributed by atoms with Crippen molar-refractivity contribution in [2.24, 2.45) is 0 Å². The Labute approximate surface area is 243 Å². The van der Waals surface area contributed by atoms with Gasteiger partial charge < -0.3 is 31.3 Å². The van der Waals surface area contributed by atoms with Crippen molar-refractivity contribution in [1.29, 1.82) is 0 Å². The number of hydrogen-bond donors (Lipinski definition) is 5. The highest BCUT2D eigenvalue weighted by molar-refractivity contribution is 6.34. The Morgan fingerprint density at radius 3 is 2.41 bits per heavy atom. The van der Waals surface area contributed by atoms with Crippen LogP contribution in [0, 0.1) is 5.82 Å². The predicted molar refractivity (Wildman–Crippen MR) is 165 cm³/mol. The summed E-state index contributed by atoms with van der Waals surface area (Å²) >= 11 is 6.14. The Hall–Kier alpha value is -4.41. The van der Waals surface area contributed by atoms with Crippen molar-refractivity contribution in [2.75, 3.05) is 45.9 Å². The van der Waals surface area contributed by atoms with Crippen LogP contribution in [0.2, 0.25) is 5.02 Å². The predicted octanol–water partition coefficient (Wildman–Crippen LogP) is 6.65. The van der Waals surface area contributed by atoms with Gasteiger partial charge in [-0.3, -0.25) is 4.79 Å². The third-order valence-corrected chi connectivity index (χ3v) is 6.41. The zero-order valence-electron chi connectivity index (χ0n) is 23.1. The minimum atomic E-state index is -0.657. The van der Waals surface area contributed by atoms with Gasteiger partial charge in [-0.15, -0.1) is 0 Å². The number of benzene rings is 3. The molecule has 0 aliphatic carbocycles. The molecule has 0 aliphatic rings. The van der Waals surface area contributed by atoms with Crippen molar-refractivity contribution in [3.8, 4) is 0 Å². The maximum atomic E-state index is 14.4. The number of likely N-dealkylation sites (N-methyl/N-ethyl adjacent to an activating group) is 1. The van der Waals surface area contributed by atoms with Crippen molar-refractivity contribution in [3.05, 3.63) is 89.3 Å². The van der Waals surface area contributed by atoms with E-state index in [2.05, 4.69) is 36.1 Å². The monoisotopic (exact) mass is 577 g/mol. The molecule has 4 rings (SSSR count). The number of para-hydroxylation sites is 3. The Kier molecular flexibility index (Phi) is 9.94. The molecule has 0 fully saturated rings. The molecule has 0 spiro atoms. The molecule has 1 aromatic heterocycles. The topological polar surface area (TPSA) is 114 Å². The summed E-state index contributed by atoms with van der Waals surface area (Å²) in [4.78, 5) is 24.3. The van der Waals surface area contributed by atoms with E-state index in [1.165, 1.54) is 24.4 Å². The van der Waals surface area contributed by atoms with E-state index in [1.807, 2.05) is 69.3 Å². The fraction of sp³-hybridized carbons (Fsp3) is 0.233. The number of amides is 1. The number of halogens is 2. The second kappa shape index (κ2) is 13.8. The van der Waals surface area contributed by atoms with E-state index >= 15 is 0 Å². The van der Waals surface area contributed by atoms with Gasteiger partial charge in [-0.1, -0.05) is 29.8 Å². The maximum Gasteiger partial charge on any atom is 0.261 e. The minimum Gasteiger partial charge on any atom is -0.395 e. The molecular weight excluding hydrogens is 545 g/mol. The molecule has 3 aromatic carbocycles. The van der Waals surface area contributed by atoms with Crippen LogP contribution in [0.1, 0.15) is 31.1 Å². The molecule has 41 heavy (non-hydrogen) atoms. The molecule has 0 saturated carbocycles. The average molecular weight is 578 g/mol. The first kappa shape index (κ1) is 29.6. The first-order valence-corrected chi connectivity index (χ1v) is 13.6. The number of rotatable bonds is 12. The summed E-state index contributed by atoms with van der Waals surface area (Å²) in [5, 5.41) is 21.7. The molecule has 0 radical (unpaired) electrons. The van der Waals surface area contributed by atoms with Crippen LogP contribution >= 0.6 is 11.6 Å². The largest absolute Gasteiger partial charge is 0.395 e. The Bertz CT molecular complexity index is 1460. The number of carbonyl (C=O) groups is 1. The third kappa shape index (κ3) is 7.62. The number of aromatic nitrogens is 2. The lowest BCUT2D eigenvalue weighted by molar-refractivity contribution is 0.102. The van der Waals surface area contributed by atoms with Crippen LogP contribution in [-0.4, -0.2) is 46.7 Å². The summed E-state index contributed by atoms with van der Waals surface area (Å²) in [5.74, 6) is -0.830. The lowest BCUT2D eigenvalue weighted by Gasteiger charge is -2.22. The van der Waals surface area contributed by atoms with E-state index in [4.69, 9.17) is 11.6 Å². The Morgan fingerprint density at radius 1 is 1.02 bits per heavy atom. The second-order valence-corrected chi connectivity index (χ2v) is 9.86. The van der Waals surface area contributed by atoms with Gasteiger partial charge in [-0.2, -0.15) is 4.98 Å². The van der Waals surface area contributed by atoms with Gasteiger partial charge >= 0.3 is 0 Å². The summed E-state index contributed by atoms with van der Waals surface area (Å²) in [7, 11) is 0. The summed E-state index contributed by atoms with van der Waals surface area (Å²) in [6.45, 7) is 7.44. The average Bonchev–Trinajstić information content (AvgIpc) is 2.95. The van der Waals surface area contributed by atoms with Gasteiger partial charge in [0, 0.05) is 36.7 Å². The van der Waals surface area contributed by atoms with Crippen molar-refractivity contribution in [1.82, 2.24) is 9.97 Å². The number of carbonyl (C=O) groups excluding carboxylic acids is 1. The van der Waals surface area contributed by atoms with E-state index in [1.54, 1.807) is 0 Å². The van der Waals surface area contributed by atoms with Crippen LogP contribution in [0.15, 0.2) is 72.9 Å². The van der Waals surface area contributed by atoms with Crippen molar-refractivity contribution >= 4 is 57.7 Å². The summed E-state index contributed by atoms with van der Waals surface area (Å²) < 4.78 is 14.4. The number of anilines is 7. The zero-order valence-corrected chi connectivity index (χ0v) is 23.8. The van der Waals surface area contributed by atoms with Crippen LogP contribution < -0.4 is 26.2 Å². The minimum absolute atomic E-state index is 0.0658. The molecule has 0 bridgehead atoms. The lowest BCUT2D eigenvalue weighted by Crippen LogP contribution is -2.25. The third-order valence-electron chi connectivity index (χ3n) is 6.10. The molecule has 4 aromatic rings. The van der Waals surface area contributed by atoms with Crippen molar-refractivity contribution < 1.29 is 14.3 Å². The molecule has 1 amide bonds. The highest BCUT2D eigenvalue weighted by atomic mass is 35.5. The maximum absolute atomic E-state index is 14.4. The summed E-state index contributed by atoms with van der Waals surface area (Å²) in [6, 6.07) is 19.5. The van der Waals surface area contributed by atoms with Gasteiger partial charge in [0.25, 0.3) is 5.91 Å². The first-order valence-electron chi connectivity index (χ1n) is 13.3. The van der Waals surface area contributed by atoms with Crippen LogP contribution in [-0.2, 0) is 0 Å². The van der Waals surface area contributed by atoms with Crippen LogP contribution in [0.25, 0.3) is 0 Å². The summed E-state index contributed by atoms with van der Waals surface area (Å²) in [6.07, 6.45) is 1.37. The van der Waals surface area contributed by atoms with Gasteiger partial charge in [-0.25, -0.2) is 9.37 Å². The quantitative estimate of drug-likeness (QED) is 0.127. The smallest absolute Gasteiger partial charge is 0.261 e. The van der Waals surface area contributed by atoms with E-state index in [-0.39, 0.29) is 40.7 Å². The highest BCUT2D eigenvalue weighted by Gasteiger charge is 2.19. The van der Waals surface area contributed by atoms with E-state index in [9.17, 15) is 14.3 Å². The fourth-order valence-corrected chi connectivity index (χ4v) is 4.34. The number of aliphatic hydroxyl groups excluding tert-OH is 1. The van der Waals surface area contributed by atoms with E-state index in [0.29, 0.717) is 12.2 Å². The SMILES string of the molecule is CCN(CCO)c1ccc(Nc2ncc(C(=O)Nc3c(F)cccc3Cl)c(Nc3ccccc3NC(C)C)n2)cc1. The van der Waals surface area contributed by atoms with Crippen molar-refractivity contribution in [2.45, 2.75) is 26.8 Å². The molecule has 0 unspecified atom stereocenters. The van der Waals surface area contributed by atoms with Crippen LogP contribution in [0.4, 0.5) is 44.6 Å². The van der Waals surface area contributed by atoms with Crippen LogP contribution in [0.3, 0.4) is 0 Å². The van der Waals surface area contributed by atoms with Gasteiger partial charge in [-0.05, 0) is 69.3 Å². The van der Waals surface area contributed by atoms with Crippen molar-refractivity contribution in [3.63, 3.8) is 0 Å². The fourth-order valence-electron chi connectivity index (χ4n) is 4.13.